The van der Waals surface area contributed by atoms with Crippen LogP contribution in [-0.2, 0) is 28.6 Å². The number of esters is 3. The number of hydrogen-bond donors (Lipinski definition) is 0. The number of allylic oxidation sites excluding steroid dienone is 8. The SMILES string of the molecule is CC/C=C\C/C=C\CCCCCCCCCC(=O)OCC(COC(=O)CCCCCCCCCCCCCCCCCCCCC)OC(=O)CCCCC/C=C\C=C/CCCCCCCCC. The van der Waals surface area contributed by atoms with Crippen LogP contribution >= 0.6 is 0 Å². The summed E-state index contributed by atoms with van der Waals surface area (Å²) in [4.78, 5) is 38.1. The van der Waals surface area contributed by atoms with Crippen molar-refractivity contribution in [1.29, 1.82) is 0 Å². The molecule has 0 rings (SSSR count). The zero-order valence-electron chi connectivity index (χ0n) is 44.7. The molecular weight excluding hydrogens is 829 g/mol. The van der Waals surface area contributed by atoms with Crippen molar-refractivity contribution >= 4 is 17.9 Å². The summed E-state index contributed by atoms with van der Waals surface area (Å²) in [6, 6.07) is 0. The number of carbonyl (C=O) groups excluding carboxylic acids is 3. The van der Waals surface area contributed by atoms with E-state index in [4.69, 9.17) is 14.2 Å². The van der Waals surface area contributed by atoms with Gasteiger partial charge < -0.3 is 14.2 Å². The van der Waals surface area contributed by atoms with Gasteiger partial charge in [-0.15, -0.1) is 0 Å². The normalized spacial score (nSPS) is 12.3. The highest BCUT2D eigenvalue weighted by molar-refractivity contribution is 5.71. The summed E-state index contributed by atoms with van der Waals surface area (Å²) in [6.45, 7) is 6.54. The number of carbonyl (C=O) groups is 3. The second kappa shape index (κ2) is 56.0. The fourth-order valence-corrected chi connectivity index (χ4v) is 8.47. The first kappa shape index (κ1) is 64.4. The predicted octanol–water partition coefficient (Wildman–Crippen LogP) is 19.4. The van der Waals surface area contributed by atoms with E-state index in [1.165, 1.54) is 173 Å². The lowest BCUT2D eigenvalue weighted by Crippen LogP contribution is -2.30. The van der Waals surface area contributed by atoms with Crippen LogP contribution in [0.3, 0.4) is 0 Å². The van der Waals surface area contributed by atoms with Crippen LogP contribution in [0.5, 0.6) is 0 Å². The van der Waals surface area contributed by atoms with Gasteiger partial charge in [-0.25, -0.2) is 0 Å². The average molecular weight is 940 g/mol. The molecule has 0 saturated carbocycles. The number of ether oxygens (including phenoxy) is 3. The highest BCUT2D eigenvalue weighted by Gasteiger charge is 2.19. The van der Waals surface area contributed by atoms with Gasteiger partial charge in [0.15, 0.2) is 6.10 Å². The molecule has 0 aromatic carbocycles. The van der Waals surface area contributed by atoms with E-state index in [2.05, 4.69) is 69.4 Å². The minimum Gasteiger partial charge on any atom is -0.462 e. The fourth-order valence-electron chi connectivity index (χ4n) is 8.47. The highest BCUT2D eigenvalue weighted by Crippen LogP contribution is 2.16. The molecule has 0 aliphatic heterocycles. The van der Waals surface area contributed by atoms with Gasteiger partial charge in [0.1, 0.15) is 13.2 Å². The Morgan fingerprint density at radius 3 is 1.00 bits per heavy atom. The van der Waals surface area contributed by atoms with Gasteiger partial charge in [-0.05, 0) is 70.6 Å². The maximum absolute atomic E-state index is 12.8. The van der Waals surface area contributed by atoms with E-state index in [0.717, 1.165) is 89.9 Å². The number of rotatable bonds is 53. The molecule has 0 aromatic rings. The quantitative estimate of drug-likeness (QED) is 0.0199. The van der Waals surface area contributed by atoms with Gasteiger partial charge >= 0.3 is 17.9 Å². The van der Waals surface area contributed by atoms with Crippen molar-refractivity contribution in [3.63, 3.8) is 0 Å². The van der Waals surface area contributed by atoms with Gasteiger partial charge in [0.2, 0.25) is 0 Å². The van der Waals surface area contributed by atoms with Crippen molar-refractivity contribution in [2.45, 2.75) is 309 Å². The summed E-state index contributed by atoms with van der Waals surface area (Å²) in [5.74, 6) is -0.904. The Labute approximate surface area is 416 Å². The van der Waals surface area contributed by atoms with E-state index in [9.17, 15) is 14.4 Å². The molecule has 0 bridgehead atoms. The summed E-state index contributed by atoms with van der Waals surface area (Å²) in [5, 5.41) is 0. The zero-order chi connectivity index (χ0) is 48.6. The highest BCUT2D eigenvalue weighted by atomic mass is 16.6. The van der Waals surface area contributed by atoms with E-state index >= 15 is 0 Å². The van der Waals surface area contributed by atoms with Crippen LogP contribution in [-0.4, -0.2) is 37.2 Å². The van der Waals surface area contributed by atoms with Crippen LogP contribution in [0.15, 0.2) is 48.6 Å². The lowest BCUT2D eigenvalue weighted by molar-refractivity contribution is -0.167. The first-order valence-electron chi connectivity index (χ1n) is 29.2. The second-order valence-electron chi connectivity index (χ2n) is 19.6. The van der Waals surface area contributed by atoms with Crippen molar-refractivity contribution in [2.75, 3.05) is 13.2 Å². The van der Waals surface area contributed by atoms with Crippen LogP contribution < -0.4 is 0 Å². The first-order valence-corrected chi connectivity index (χ1v) is 29.2. The van der Waals surface area contributed by atoms with Gasteiger partial charge in [-0.3, -0.25) is 14.4 Å². The predicted molar refractivity (Wildman–Crippen MR) is 289 cm³/mol. The molecule has 0 saturated heterocycles. The third kappa shape index (κ3) is 54.2. The molecule has 0 amide bonds. The lowest BCUT2D eigenvalue weighted by Gasteiger charge is -2.18. The Kier molecular flexibility index (Phi) is 53.8. The maximum Gasteiger partial charge on any atom is 0.306 e. The van der Waals surface area contributed by atoms with Gasteiger partial charge in [-0.1, -0.05) is 262 Å². The fraction of sp³-hybridized carbons (Fsp3) is 0.820. The molecule has 0 fully saturated rings. The van der Waals surface area contributed by atoms with Gasteiger partial charge in [0, 0.05) is 19.3 Å². The third-order valence-electron chi connectivity index (χ3n) is 12.8. The second-order valence-corrected chi connectivity index (χ2v) is 19.6. The van der Waals surface area contributed by atoms with Gasteiger partial charge in [0.25, 0.3) is 0 Å². The van der Waals surface area contributed by atoms with E-state index in [-0.39, 0.29) is 31.1 Å². The molecule has 1 atom stereocenters. The van der Waals surface area contributed by atoms with Gasteiger partial charge in [-0.2, -0.15) is 0 Å². The van der Waals surface area contributed by atoms with E-state index in [1.807, 2.05) is 0 Å². The van der Waals surface area contributed by atoms with Crippen molar-refractivity contribution in [3.05, 3.63) is 48.6 Å². The molecule has 390 valence electrons. The van der Waals surface area contributed by atoms with Crippen molar-refractivity contribution in [3.8, 4) is 0 Å². The number of hydrogen-bond acceptors (Lipinski definition) is 6. The lowest BCUT2D eigenvalue weighted by atomic mass is 10.0. The van der Waals surface area contributed by atoms with Gasteiger partial charge in [0.05, 0.1) is 0 Å². The molecule has 0 aromatic heterocycles. The standard InChI is InChI=1S/C61H110O6/c1-4-7-10-13-16-19-22-25-28-30-31-32-34-36-39-42-45-48-51-54-60(63)66-57-58(56-65-59(62)53-50-47-44-41-38-35-27-24-21-18-15-12-9-6-3)67-61(64)55-52-49-46-43-40-37-33-29-26-23-20-17-14-11-8-5-2/h9,12,18,21,29,33,37,40,58H,4-8,10-11,13-17,19-20,22-28,30-32,34-36,38-39,41-57H2,1-3H3/b12-9-,21-18-,33-29-,40-37-. The largest absolute Gasteiger partial charge is 0.462 e. The molecule has 0 radical (unpaired) electrons. The molecule has 0 spiro atoms. The topological polar surface area (TPSA) is 78.9 Å². The van der Waals surface area contributed by atoms with Crippen LogP contribution in [0, 0.1) is 0 Å². The number of unbranched alkanes of at least 4 members (excludes halogenated alkanes) is 35. The van der Waals surface area contributed by atoms with Crippen molar-refractivity contribution in [2.24, 2.45) is 0 Å². The Balaban J connectivity index is 4.36. The van der Waals surface area contributed by atoms with Crippen LogP contribution in [0.25, 0.3) is 0 Å². The summed E-state index contributed by atoms with van der Waals surface area (Å²) in [5.41, 5.74) is 0. The Morgan fingerprint density at radius 1 is 0.328 bits per heavy atom. The maximum atomic E-state index is 12.8. The summed E-state index contributed by atoms with van der Waals surface area (Å²) >= 11 is 0. The molecule has 0 aliphatic rings. The summed E-state index contributed by atoms with van der Waals surface area (Å²) in [7, 11) is 0. The molecular formula is C61H110O6. The monoisotopic (exact) mass is 939 g/mol. The third-order valence-corrected chi connectivity index (χ3v) is 12.8. The minimum absolute atomic E-state index is 0.0834. The molecule has 67 heavy (non-hydrogen) atoms. The molecule has 0 aliphatic carbocycles. The average Bonchev–Trinajstić information content (AvgIpc) is 3.33. The van der Waals surface area contributed by atoms with Crippen LogP contribution in [0.1, 0.15) is 303 Å². The molecule has 0 N–H and O–H groups in total. The smallest absolute Gasteiger partial charge is 0.306 e. The Hall–Kier alpha value is -2.63. The summed E-state index contributed by atoms with van der Waals surface area (Å²) < 4.78 is 16.9. The molecule has 1 unspecified atom stereocenters. The van der Waals surface area contributed by atoms with E-state index in [1.54, 1.807) is 0 Å². The molecule has 0 heterocycles. The zero-order valence-corrected chi connectivity index (χ0v) is 44.7. The molecule has 6 heteroatoms. The minimum atomic E-state index is -0.788. The Bertz CT molecular complexity index is 1170. The van der Waals surface area contributed by atoms with E-state index in [0.29, 0.717) is 19.3 Å². The van der Waals surface area contributed by atoms with Crippen LogP contribution in [0.4, 0.5) is 0 Å². The van der Waals surface area contributed by atoms with Crippen molar-refractivity contribution < 1.29 is 28.6 Å². The van der Waals surface area contributed by atoms with E-state index < -0.39 is 6.10 Å². The first-order chi connectivity index (χ1) is 33.0. The van der Waals surface area contributed by atoms with Crippen LogP contribution in [0.2, 0.25) is 0 Å². The van der Waals surface area contributed by atoms with Crippen molar-refractivity contribution in [1.82, 2.24) is 0 Å². The summed E-state index contributed by atoms with van der Waals surface area (Å²) in [6.07, 6.45) is 68.2. The molecule has 6 nitrogen and oxygen atoms in total. The Morgan fingerprint density at radius 2 is 0.627 bits per heavy atom.